The summed E-state index contributed by atoms with van der Waals surface area (Å²) in [4.78, 5) is 5.48. The number of aromatic nitrogens is 1. The number of methoxy groups -OCH3 is 1. The summed E-state index contributed by atoms with van der Waals surface area (Å²) in [7, 11) is 5.66. The summed E-state index contributed by atoms with van der Waals surface area (Å²) in [6, 6.07) is 2.03. The summed E-state index contributed by atoms with van der Waals surface area (Å²) in [6.45, 7) is 2.08. The lowest BCUT2D eigenvalue weighted by molar-refractivity contribution is -0.848. The molecule has 0 radical (unpaired) electrons. The van der Waals surface area contributed by atoms with Gasteiger partial charge in [-0.05, 0) is 23.3 Å². The monoisotopic (exact) mass is 204 g/mol. The van der Waals surface area contributed by atoms with Gasteiger partial charge < -0.3 is 9.64 Å². The van der Waals surface area contributed by atoms with Crippen molar-refractivity contribution in [3.63, 3.8) is 0 Å². The van der Waals surface area contributed by atoms with Crippen molar-refractivity contribution in [2.45, 2.75) is 6.42 Å². The highest BCUT2D eigenvalue weighted by atomic mass is 16.5. The molecule has 1 aliphatic rings. The SMILES string of the molecule is [CH2-][NH+]1CC=C(c2cncc(OC)c2)CC1. The Morgan fingerprint density at radius 3 is 3.00 bits per heavy atom. The van der Waals surface area contributed by atoms with Gasteiger partial charge in [-0.15, -0.1) is 0 Å². The molecule has 2 rings (SSSR count). The van der Waals surface area contributed by atoms with E-state index in [0.717, 1.165) is 25.3 Å². The van der Waals surface area contributed by atoms with Crippen LogP contribution in [-0.4, -0.2) is 25.2 Å². The van der Waals surface area contributed by atoms with Crippen molar-refractivity contribution in [3.05, 3.63) is 37.1 Å². The van der Waals surface area contributed by atoms with Crippen LogP contribution in [0.1, 0.15) is 12.0 Å². The molecule has 0 saturated carbocycles. The smallest absolute Gasteiger partial charge is 0.137 e. The molecule has 1 aliphatic heterocycles. The van der Waals surface area contributed by atoms with Gasteiger partial charge in [-0.3, -0.25) is 4.98 Å². The second-order valence-electron chi connectivity index (χ2n) is 3.80. The van der Waals surface area contributed by atoms with Crippen molar-refractivity contribution < 1.29 is 9.64 Å². The van der Waals surface area contributed by atoms with Crippen molar-refractivity contribution in [2.75, 3.05) is 20.2 Å². The summed E-state index contributed by atoms with van der Waals surface area (Å²) in [6.07, 6.45) is 6.92. The van der Waals surface area contributed by atoms with Crippen LogP contribution in [0.4, 0.5) is 0 Å². The fourth-order valence-electron chi connectivity index (χ4n) is 1.75. The van der Waals surface area contributed by atoms with Crippen LogP contribution in [0.15, 0.2) is 24.5 Å². The van der Waals surface area contributed by atoms with Crippen LogP contribution < -0.4 is 9.64 Å². The van der Waals surface area contributed by atoms with Crippen LogP contribution in [0.2, 0.25) is 0 Å². The Morgan fingerprint density at radius 2 is 2.33 bits per heavy atom. The third kappa shape index (κ3) is 2.36. The van der Waals surface area contributed by atoms with Gasteiger partial charge in [-0.25, -0.2) is 0 Å². The Hall–Kier alpha value is -1.35. The minimum atomic E-state index is 0.817. The predicted molar refractivity (Wildman–Crippen MR) is 59.4 cm³/mol. The van der Waals surface area contributed by atoms with Gasteiger partial charge in [0.15, 0.2) is 0 Å². The number of nitrogens with zero attached hydrogens (tertiary/aromatic N) is 1. The van der Waals surface area contributed by atoms with Crippen LogP contribution in [0.25, 0.3) is 5.57 Å². The molecule has 15 heavy (non-hydrogen) atoms. The molecule has 0 saturated heterocycles. The molecular formula is C12H16N2O. The van der Waals surface area contributed by atoms with E-state index >= 15 is 0 Å². The van der Waals surface area contributed by atoms with Crippen molar-refractivity contribution in [1.82, 2.24) is 4.98 Å². The predicted octanol–water partition coefficient (Wildman–Crippen LogP) is 0.554. The number of quaternary nitrogens is 1. The maximum atomic E-state index is 5.16. The second-order valence-corrected chi connectivity index (χ2v) is 3.80. The molecule has 2 heterocycles. The number of pyridine rings is 1. The van der Waals surface area contributed by atoms with Crippen LogP contribution in [0.3, 0.4) is 0 Å². The average molecular weight is 204 g/mol. The zero-order valence-electron chi connectivity index (χ0n) is 8.99. The summed E-state index contributed by atoms with van der Waals surface area (Å²) in [5.74, 6) is 0.817. The first-order valence-corrected chi connectivity index (χ1v) is 5.14. The molecule has 0 aromatic carbocycles. The van der Waals surface area contributed by atoms with Crippen LogP contribution >= 0.6 is 0 Å². The van der Waals surface area contributed by atoms with E-state index < -0.39 is 0 Å². The van der Waals surface area contributed by atoms with E-state index in [-0.39, 0.29) is 0 Å². The Balaban J connectivity index is 2.22. The molecule has 0 fully saturated rings. The standard InChI is InChI=1S/C12H16N2O/c1-14-5-3-10(4-6-14)11-7-12(15-2)9-13-8-11/h3,7-9,14H,1,4-6H2,2H3. The highest BCUT2D eigenvalue weighted by Gasteiger charge is 2.10. The fraction of sp³-hybridized carbons (Fsp3) is 0.333. The molecule has 3 heteroatoms. The number of hydrogen-bond donors (Lipinski definition) is 1. The lowest BCUT2D eigenvalue weighted by Gasteiger charge is -2.25. The highest BCUT2D eigenvalue weighted by Crippen LogP contribution is 2.21. The zero-order chi connectivity index (χ0) is 10.7. The van der Waals surface area contributed by atoms with Crippen molar-refractivity contribution in [1.29, 1.82) is 0 Å². The minimum Gasteiger partial charge on any atom is -0.495 e. The van der Waals surface area contributed by atoms with Gasteiger partial charge in [0, 0.05) is 12.6 Å². The number of nitrogens with one attached hydrogen (secondary N) is 1. The topological polar surface area (TPSA) is 26.6 Å². The van der Waals surface area contributed by atoms with Crippen LogP contribution in [-0.2, 0) is 0 Å². The lowest BCUT2D eigenvalue weighted by atomic mass is 10.0. The van der Waals surface area contributed by atoms with Gasteiger partial charge in [0.1, 0.15) is 5.75 Å². The Morgan fingerprint density at radius 1 is 1.47 bits per heavy atom. The minimum absolute atomic E-state index is 0.817. The average Bonchev–Trinajstić information content (AvgIpc) is 2.30. The molecule has 1 atom stereocenters. The third-order valence-electron chi connectivity index (χ3n) is 2.70. The van der Waals surface area contributed by atoms with Crippen LogP contribution in [0, 0.1) is 7.05 Å². The number of ether oxygens (including phenoxy) is 1. The van der Waals surface area contributed by atoms with E-state index in [9.17, 15) is 0 Å². The Kier molecular flexibility index (Phi) is 3.02. The molecule has 0 bridgehead atoms. The molecule has 1 unspecified atom stereocenters. The molecule has 80 valence electrons. The quantitative estimate of drug-likeness (QED) is 0.712. The highest BCUT2D eigenvalue weighted by molar-refractivity contribution is 5.66. The first-order valence-electron chi connectivity index (χ1n) is 5.14. The van der Waals surface area contributed by atoms with E-state index in [0.29, 0.717) is 0 Å². The molecule has 3 nitrogen and oxygen atoms in total. The first kappa shape index (κ1) is 10.2. The van der Waals surface area contributed by atoms with E-state index in [4.69, 9.17) is 4.74 Å². The summed E-state index contributed by atoms with van der Waals surface area (Å²) >= 11 is 0. The second kappa shape index (κ2) is 4.45. The van der Waals surface area contributed by atoms with Gasteiger partial charge in [0.25, 0.3) is 0 Å². The van der Waals surface area contributed by atoms with E-state index in [1.807, 2.05) is 12.3 Å². The van der Waals surface area contributed by atoms with Crippen molar-refractivity contribution >= 4 is 5.57 Å². The molecule has 0 amide bonds. The van der Waals surface area contributed by atoms with Crippen LogP contribution in [0.5, 0.6) is 5.75 Å². The normalized spacial score (nSPS) is 20.9. The van der Waals surface area contributed by atoms with Gasteiger partial charge in [0.2, 0.25) is 0 Å². The van der Waals surface area contributed by atoms with Crippen molar-refractivity contribution in [3.8, 4) is 5.75 Å². The van der Waals surface area contributed by atoms with Crippen molar-refractivity contribution in [2.24, 2.45) is 0 Å². The maximum Gasteiger partial charge on any atom is 0.137 e. The van der Waals surface area contributed by atoms with Gasteiger partial charge in [-0.2, -0.15) is 7.05 Å². The molecule has 1 aromatic rings. The third-order valence-corrected chi connectivity index (χ3v) is 2.70. The van der Waals surface area contributed by atoms with E-state index in [1.54, 1.807) is 13.3 Å². The molecular weight excluding hydrogens is 188 g/mol. The van der Waals surface area contributed by atoms with E-state index in [2.05, 4.69) is 18.1 Å². The first-order chi connectivity index (χ1) is 7.29. The Labute approximate surface area is 90.4 Å². The molecule has 1 N–H and O–H groups in total. The molecule has 1 aromatic heterocycles. The Bertz CT molecular complexity index is 374. The number of hydrogen-bond acceptors (Lipinski definition) is 2. The zero-order valence-corrected chi connectivity index (χ0v) is 8.99. The number of rotatable bonds is 2. The summed E-state index contributed by atoms with van der Waals surface area (Å²) in [5.41, 5.74) is 2.52. The lowest BCUT2D eigenvalue weighted by Crippen LogP contribution is -3.07. The maximum absolute atomic E-state index is 5.16. The summed E-state index contributed by atoms with van der Waals surface area (Å²) < 4.78 is 5.16. The van der Waals surface area contributed by atoms with Gasteiger partial charge in [-0.1, -0.05) is 0 Å². The van der Waals surface area contributed by atoms with E-state index in [1.165, 1.54) is 16.0 Å². The molecule has 0 spiro atoms. The largest absolute Gasteiger partial charge is 0.495 e. The summed E-state index contributed by atoms with van der Waals surface area (Å²) in [5, 5.41) is 0. The molecule has 0 aliphatic carbocycles. The fourth-order valence-corrected chi connectivity index (χ4v) is 1.75. The van der Waals surface area contributed by atoms with Gasteiger partial charge in [0.05, 0.1) is 26.4 Å². The van der Waals surface area contributed by atoms with Gasteiger partial charge >= 0.3 is 0 Å².